The zero-order chi connectivity index (χ0) is 9.84. The van der Waals surface area contributed by atoms with Crippen LogP contribution in [0.3, 0.4) is 0 Å². The summed E-state index contributed by atoms with van der Waals surface area (Å²) in [6, 6.07) is 3.24. The molecule has 1 rings (SSSR count). The lowest BCUT2D eigenvalue weighted by Gasteiger charge is -2.08. The van der Waals surface area contributed by atoms with Crippen LogP contribution in [0.25, 0.3) is 0 Å². The van der Waals surface area contributed by atoms with Crippen LogP contribution in [0.1, 0.15) is 5.56 Å². The largest absolute Gasteiger partial charge is 0.493 e. The number of methoxy groups -OCH3 is 1. The van der Waals surface area contributed by atoms with Crippen LogP contribution in [0.4, 0.5) is 4.39 Å². The highest BCUT2D eigenvalue weighted by molar-refractivity contribution is 9.10. The van der Waals surface area contributed by atoms with Gasteiger partial charge in [-0.05, 0) is 29.9 Å². The van der Waals surface area contributed by atoms with Gasteiger partial charge in [0.1, 0.15) is 0 Å². The third-order valence-electron chi connectivity index (χ3n) is 1.67. The number of aryl methyl sites for hydroxylation is 1. The molecule has 0 bridgehead atoms. The van der Waals surface area contributed by atoms with E-state index in [0.29, 0.717) is 17.9 Å². The Labute approximate surface area is 90.8 Å². The quantitative estimate of drug-likeness (QED) is 0.826. The molecule has 0 saturated heterocycles. The first-order valence-electron chi connectivity index (χ1n) is 3.81. The monoisotopic (exact) mass is 264 g/mol. The fourth-order valence-electron chi connectivity index (χ4n) is 1.15. The second kappa shape index (κ2) is 4.86. The molecular weight excluding hydrogens is 255 g/mol. The number of hydrogen-bond donors (Lipinski definition) is 1. The van der Waals surface area contributed by atoms with Crippen LogP contribution in [0.2, 0.25) is 0 Å². The van der Waals surface area contributed by atoms with Crippen molar-refractivity contribution in [3.8, 4) is 5.75 Å². The van der Waals surface area contributed by atoms with E-state index in [2.05, 4.69) is 28.6 Å². The molecule has 0 N–H and O–H groups in total. The standard InChI is InChI=1S/C9H10BrFOS/c1-12-9-6(2-3-13)4-7(10)5-8(9)11/h4-5,13H,2-3H2,1H3. The normalized spacial score (nSPS) is 10.2. The van der Waals surface area contributed by atoms with Crippen LogP contribution < -0.4 is 4.74 Å². The Bertz CT molecular complexity index is 304. The molecule has 1 aromatic rings. The van der Waals surface area contributed by atoms with Gasteiger partial charge in [0.05, 0.1) is 7.11 Å². The average Bonchev–Trinajstić information content (AvgIpc) is 2.04. The van der Waals surface area contributed by atoms with E-state index in [1.165, 1.54) is 13.2 Å². The maximum Gasteiger partial charge on any atom is 0.166 e. The lowest BCUT2D eigenvalue weighted by molar-refractivity contribution is 0.382. The maximum atomic E-state index is 13.3. The van der Waals surface area contributed by atoms with Crippen LogP contribution in [0.5, 0.6) is 5.75 Å². The van der Waals surface area contributed by atoms with E-state index >= 15 is 0 Å². The topological polar surface area (TPSA) is 9.23 Å². The predicted molar refractivity (Wildman–Crippen MR) is 58.2 cm³/mol. The van der Waals surface area contributed by atoms with Gasteiger partial charge in [-0.3, -0.25) is 0 Å². The molecule has 1 nitrogen and oxygen atoms in total. The molecule has 0 aliphatic heterocycles. The number of benzene rings is 1. The van der Waals surface area contributed by atoms with Crippen molar-refractivity contribution in [2.45, 2.75) is 6.42 Å². The van der Waals surface area contributed by atoms with Crippen LogP contribution in [-0.4, -0.2) is 12.9 Å². The van der Waals surface area contributed by atoms with Crippen molar-refractivity contribution in [3.63, 3.8) is 0 Å². The van der Waals surface area contributed by atoms with Crippen LogP contribution >= 0.6 is 28.6 Å². The first-order chi connectivity index (χ1) is 6.19. The molecule has 0 amide bonds. The molecule has 0 heterocycles. The van der Waals surface area contributed by atoms with E-state index in [4.69, 9.17) is 4.74 Å². The number of rotatable bonds is 3. The lowest BCUT2D eigenvalue weighted by Crippen LogP contribution is -1.96. The molecule has 0 spiro atoms. The van der Waals surface area contributed by atoms with E-state index in [9.17, 15) is 4.39 Å². The number of halogens is 2. The molecule has 0 saturated carbocycles. The number of hydrogen-bond acceptors (Lipinski definition) is 2. The molecule has 1 aromatic carbocycles. The Kier molecular flexibility index (Phi) is 4.06. The summed E-state index contributed by atoms with van der Waals surface area (Å²) >= 11 is 7.32. The van der Waals surface area contributed by atoms with E-state index in [1.54, 1.807) is 0 Å². The molecule has 0 atom stereocenters. The van der Waals surface area contributed by atoms with Crippen molar-refractivity contribution in [3.05, 3.63) is 28.0 Å². The molecule has 72 valence electrons. The smallest absolute Gasteiger partial charge is 0.166 e. The second-order valence-electron chi connectivity index (χ2n) is 2.55. The van der Waals surface area contributed by atoms with Gasteiger partial charge in [-0.2, -0.15) is 12.6 Å². The lowest BCUT2D eigenvalue weighted by atomic mass is 10.1. The van der Waals surface area contributed by atoms with Crippen molar-refractivity contribution in [1.82, 2.24) is 0 Å². The van der Waals surface area contributed by atoms with Gasteiger partial charge in [-0.25, -0.2) is 4.39 Å². The van der Waals surface area contributed by atoms with Crippen LogP contribution in [0, 0.1) is 5.82 Å². The molecule has 0 aliphatic carbocycles. The van der Waals surface area contributed by atoms with E-state index in [-0.39, 0.29) is 5.82 Å². The van der Waals surface area contributed by atoms with Gasteiger partial charge in [-0.15, -0.1) is 0 Å². The second-order valence-corrected chi connectivity index (χ2v) is 3.92. The zero-order valence-electron chi connectivity index (χ0n) is 7.18. The molecule has 0 radical (unpaired) electrons. The van der Waals surface area contributed by atoms with Crippen molar-refractivity contribution < 1.29 is 9.13 Å². The molecular formula is C9H10BrFOS. The first-order valence-corrected chi connectivity index (χ1v) is 5.24. The summed E-state index contributed by atoms with van der Waals surface area (Å²) in [7, 11) is 1.47. The maximum absolute atomic E-state index is 13.3. The number of ether oxygens (including phenoxy) is 1. The third-order valence-corrected chi connectivity index (χ3v) is 2.35. The van der Waals surface area contributed by atoms with E-state index in [0.717, 1.165) is 10.0 Å². The van der Waals surface area contributed by atoms with Gasteiger partial charge < -0.3 is 4.74 Å². The van der Waals surface area contributed by atoms with Crippen molar-refractivity contribution in [2.24, 2.45) is 0 Å². The summed E-state index contributed by atoms with van der Waals surface area (Å²) in [6.45, 7) is 0. The summed E-state index contributed by atoms with van der Waals surface area (Å²) in [6.07, 6.45) is 0.697. The Morgan fingerprint density at radius 2 is 2.23 bits per heavy atom. The highest BCUT2D eigenvalue weighted by Crippen LogP contribution is 2.27. The molecule has 4 heteroatoms. The Morgan fingerprint density at radius 1 is 1.54 bits per heavy atom. The van der Waals surface area contributed by atoms with Gasteiger partial charge in [0.2, 0.25) is 0 Å². The van der Waals surface area contributed by atoms with Gasteiger partial charge >= 0.3 is 0 Å². The minimum atomic E-state index is -0.339. The van der Waals surface area contributed by atoms with Crippen molar-refractivity contribution >= 4 is 28.6 Å². The Hall–Kier alpha value is -0.220. The molecule has 0 aliphatic rings. The highest BCUT2D eigenvalue weighted by Gasteiger charge is 2.09. The predicted octanol–water partition coefficient (Wildman–Crippen LogP) is 3.07. The summed E-state index contributed by atoms with van der Waals surface area (Å²) in [4.78, 5) is 0. The highest BCUT2D eigenvalue weighted by atomic mass is 79.9. The van der Waals surface area contributed by atoms with Crippen molar-refractivity contribution in [1.29, 1.82) is 0 Å². The summed E-state index contributed by atoms with van der Waals surface area (Å²) in [5, 5.41) is 0. The number of thiol groups is 1. The third kappa shape index (κ3) is 2.61. The van der Waals surface area contributed by atoms with Crippen molar-refractivity contribution in [2.75, 3.05) is 12.9 Å². The minimum absolute atomic E-state index is 0.317. The van der Waals surface area contributed by atoms with Gasteiger partial charge in [0.25, 0.3) is 0 Å². The SMILES string of the molecule is COc1c(F)cc(Br)cc1CCS. The van der Waals surface area contributed by atoms with E-state index in [1.807, 2.05) is 6.07 Å². The molecule has 0 unspecified atom stereocenters. The first kappa shape index (κ1) is 10.9. The average molecular weight is 265 g/mol. The zero-order valence-corrected chi connectivity index (χ0v) is 9.66. The Morgan fingerprint density at radius 3 is 2.77 bits per heavy atom. The van der Waals surface area contributed by atoms with Gasteiger partial charge in [0, 0.05) is 4.47 Å². The molecule has 0 aromatic heterocycles. The molecule has 0 fully saturated rings. The van der Waals surface area contributed by atoms with E-state index < -0.39 is 0 Å². The molecule has 13 heavy (non-hydrogen) atoms. The fourth-order valence-corrected chi connectivity index (χ4v) is 1.87. The summed E-state index contributed by atoms with van der Waals surface area (Å²) in [5.41, 5.74) is 0.837. The summed E-state index contributed by atoms with van der Waals surface area (Å²) in [5.74, 6) is 0.651. The fraction of sp³-hybridized carbons (Fsp3) is 0.333. The van der Waals surface area contributed by atoms with Gasteiger partial charge in [-0.1, -0.05) is 15.9 Å². The summed E-state index contributed by atoms with van der Waals surface area (Å²) < 4.78 is 18.9. The van der Waals surface area contributed by atoms with Gasteiger partial charge in [0.15, 0.2) is 11.6 Å². The van der Waals surface area contributed by atoms with Crippen LogP contribution in [-0.2, 0) is 6.42 Å². The van der Waals surface area contributed by atoms with Crippen LogP contribution in [0.15, 0.2) is 16.6 Å². The minimum Gasteiger partial charge on any atom is -0.493 e. The Balaban J connectivity index is 3.13.